The molecule has 0 bridgehead atoms. The Morgan fingerprint density at radius 1 is 0.750 bits per heavy atom. The van der Waals surface area contributed by atoms with Gasteiger partial charge in [0, 0.05) is 12.5 Å². The van der Waals surface area contributed by atoms with Crippen molar-refractivity contribution in [3.8, 4) is 0 Å². The first-order valence-electron chi connectivity index (χ1n) is 1.89. The van der Waals surface area contributed by atoms with E-state index in [-0.39, 0.29) is 59.1 Å². The van der Waals surface area contributed by atoms with Gasteiger partial charge < -0.3 is 10.3 Å². The van der Waals surface area contributed by atoms with Crippen LogP contribution in [0.15, 0.2) is 0 Å². The average molecular weight is 234 g/mol. The Bertz CT molecular complexity index is 223. The molecule has 0 spiro atoms. The second kappa shape index (κ2) is 9.38. The van der Waals surface area contributed by atoms with Gasteiger partial charge in [-0.15, -0.1) is 0 Å². The maximum atomic E-state index is 9.30. The Hall–Kier alpha value is 1.82. The molecule has 0 heterocycles. The maximum Gasteiger partial charge on any atom is 1.00 e. The molecule has 0 aromatic heterocycles. The van der Waals surface area contributed by atoms with Crippen molar-refractivity contribution in [1.29, 1.82) is 0 Å². The van der Waals surface area contributed by atoms with E-state index in [0.29, 0.717) is 0 Å². The Labute approximate surface area is 117 Å². The van der Waals surface area contributed by atoms with Gasteiger partial charge in [-0.2, -0.15) is 0 Å². The van der Waals surface area contributed by atoms with Gasteiger partial charge in [-0.05, 0) is 0 Å². The van der Waals surface area contributed by atoms with E-state index in [1.54, 1.807) is 0 Å². The Kier molecular flexibility index (Phi) is 18.4. The third-order valence-corrected chi connectivity index (χ3v) is 0. The molecule has 12 heavy (non-hydrogen) atoms. The topological polar surface area (TPSA) is 116 Å². The molecule has 10 heteroatoms. The molecule has 64 valence electrons. The van der Waals surface area contributed by atoms with Crippen molar-refractivity contribution < 1.29 is 76.0 Å². The first-order valence-corrected chi connectivity index (χ1v) is 5.67. The van der Waals surface area contributed by atoms with Crippen LogP contribution in [0.25, 0.3) is 10.3 Å². The molecule has 0 aliphatic heterocycles. The van der Waals surface area contributed by atoms with Crippen LogP contribution in [-0.4, -0.2) is 29.3 Å². The van der Waals surface area contributed by atoms with Gasteiger partial charge in [0.2, 0.25) is 0 Å². The number of nitrogens with one attached hydrogen (secondary N) is 2. The van der Waals surface area contributed by atoms with Crippen LogP contribution in [0.4, 0.5) is 0 Å². The zero-order valence-electron chi connectivity index (χ0n) is 7.45. The molecule has 0 radical (unpaired) electrons. The van der Waals surface area contributed by atoms with Gasteiger partial charge in [0.1, 0.15) is 0 Å². The van der Waals surface area contributed by atoms with Crippen molar-refractivity contribution in [1.82, 2.24) is 0 Å². The first-order chi connectivity index (χ1) is 4.00. The average Bonchev–Trinajstić information content (AvgIpc) is 1.12. The Morgan fingerprint density at radius 3 is 0.750 bits per heavy atom. The molecule has 0 aliphatic rings. The van der Waals surface area contributed by atoms with Gasteiger partial charge >= 0.3 is 59.1 Å². The molecule has 0 atom stereocenters. The molecule has 0 unspecified atom stereocenters. The van der Waals surface area contributed by atoms with Crippen molar-refractivity contribution in [2.24, 2.45) is 0 Å². The fraction of sp³-hybridized carbons (Fsp3) is 1.00. The van der Waals surface area contributed by atoms with Gasteiger partial charge in [-0.25, -0.2) is 16.8 Å². The Morgan fingerprint density at radius 2 is 0.750 bits per heavy atom. The van der Waals surface area contributed by atoms with Gasteiger partial charge in [0.05, 0.1) is 20.0 Å². The van der Waals surface area contributed by atoms with Gasteiger partial charge in [0.15, 0.2) is 0 Å². The largest absolute Gasteiger partial charge is 1.00 e. The fourth-order valence-electron chi connectivity index (χ4n) is 0. The number of sulfonamides is 2. The summed E-state index contributed by atoms with van der Waals surface area (Å²) >= 11 is 0. The molecular formula is C2H8N2Na2O4S2. The third kappa shape index (κ3) is 418. The molecule has 0 aromatic rings. The summed E-state index contributed by atoms with van der Waals surface area (Å²) in [5.74, 6) is 0. The molecule has 0 rings (SSSR count). The summed E-state index contributed by atoms with van der Waals surface area (Å²) in [5, 5.41) is 11.8. The zero-order valence-corrected chi connectivity index (χ0v) is 13.1. The first kappa shape index (κ1) is 23.6. The number of hydrogen-bond donors (Lipinski definition) is 0. The van der Waals surface area contributed by atoms with Crippen LogP contribution in [0, 0.1) is 0 Å². The van der Waals surface area contributed by atoms with Crippen molar-refractivity contribution in [3.05, 3.63) is 10.3 Å². The monoisotopic (exact) mass is 234 g/mol. The van der Waals surface area contributed by atoms with Crippen molar-refractivity contribution in [3.63, 3.8) is 0 Å². The van der Waals surface area contributed by atoms with Crippen LogP contribution >= 0.6 is 0 Å². The van der Waals surface area contributed by atoms with E-state index in [2.05, 4.69) is 0 Å². The zero-order chi connectivity index (χ0) is 9.00. The van der Waals surface area contributed by atoms with E-state index < -0.39 is 20.0 Å². The molecule has 0 fully saturated rings. The molecule has 2 N–H and O–H groups in total. The predicted octanol–water partition coefficient (Wildman–Crippen LogP) is -6.00. The standard InChI is InChI=1S/2CH4NO2S.2Na/c2*1-5(2,3)4;;/h2*1H3,(H-,2,3,4);;/q2*-1;2*+1. The van der Waals surface area contributed by atoms with E-state index in [4.69, 9.17) is 10.3 Å². The maximum absolute atomic E-state index is 9.30. The van der Waals surface area contributed by atoms with E-state index in [1.165, 1.54) is 0 Å². The molecule has 0 aromatic carbocycles. The molecule has 0 amide bonds. The SMILES string of the molecule is CS([NH-])(=O)=O.CS([NH-])(=O)=O.[Na+].[Na+]. The van der Waals surface area contributed by atoms with Gasteiger partial charge in [-0.1, -0.05) is 0 Å². The summed E-state index contributed by atoms with van der Waals surface area (Å²) in [7, 11) is -6.83. The van der Waals surface area contributed by atoms with Crippen LogP contribution < -0.4 is 59.1 Å². The quantitative estimate of drug-likeness (QED) is 0.388. The normalized spacial score (nSPS) is 9.67. The Balaban J connectivity index is -0.0000000457. The van der Waals surface area contributed by atoms with E-state index >= 15 is 0 Å². The van der Waals surface area contributed by atoms with E-state index in [1.807, 2.05) is 0 Å². The van der Waals surface area contributed by atoms with Crippen LogP contribution in [-0.2, 0) is 20.0 Å². The van der Waals surface area contributed by atoms with Gasteiger partial charge in [-0.3, -0.25) is 0 Å². The van der Waals surface area contributed by atoms with Crippen molar-refractivity contribution in [2.45, 2.75) is 0 Å². The van der Waals surface area contributed by atoms with E-state index in [0.717, 1.165) is 12.5 Å². The molecule has 0 saturated heterocycles. The minimum atomic E-state index is -3.42. The summed E-state index contributed by atoms with van der Waals surface area (Å²) < 4.78 is 37.2. The summed E-state index contributed by atoms with van der Waals surface area (Å²) in [6, 6.07) is 0. The summed E-state index contributed by atoms with van der Waals surface area (Å²) in [4.78, 5) is 0. The number of hydrogen-bond acceptors (Lipinski definition) is 4. The molecule has 0 aliphatic carbocycles. The summed E-state index contributed by atoms with van der Waals surface area (Å²) in [6.07, 6.45) is 1.65. The minimum Gasteiger partial charge on any atom is -0.564 e. The van der Waals surface area contributed by atoms with Crippen LogP contribution in [0.3, 0.4) is 0 Å². The summed E-state index contributed by atoms with van der Waals surface area (Å²) in [5.41, 5.74) is 0. The van der Waals surface area contributed by atoms with Crippen molar-refractivity contribution in [2.75, 3.05) is 12.5 Å². The molecular weight excluding hydrogens is 226 g/mol. The van der Waals surface area contributed by atoms with Crippen LogP contribution in [0.5, 0.6) is 0 Å². The second-order valence-electron chi connectivity index (χ2n) is 1.54. The molecule has 6 nitrogen and oxygen atoms in total. The minimum absolute atomic E-state index is 0. The van der Waals surface area contributed by atoms with Gasteiger partial charge in [0.25, 0.3) is 0 Å². The number of rotatable bonds is 0. The van der Waals surface area contributed by atoms with Crippen LogP contribution in [0.1, 0.15) is 0 Å². The second-order valence-corrected chi connectivity index (χ2v) is 4.63. The van der Waals surface area contributed by atoms with Crippen LogP contribution in [0.2, 0.25) is 0 Å². The summed E-state index contributed by atoms with van der Waals surface area (Å²) in [6.45, 7) is 0. The smallest absolute Gasteiger partial charge is 0.564 e. The fourth-order valence-corrected chi connectivity index (χ4v) is 0. The third-order valence-electron chi connectivity index (χ3n) is 0. The van der Waals surface area contributed by atoms with E-state index in [9.17, 15) is 16.8 Å². The molecule has 0 saturated carbocycles. The van der Waals surface area contributed by atoms with Crippen molar-refractivity contribution >= 4 is 20.0 Å². The predicted molar refractivity (Wildman–Crippen MR) is 38.3 cm³/mol.